The van der Waals surface area contributed by atoms with E-state index >= 15 is 0 Å². The molecular formula is C9H8F3NO. The van der Waals surface area contributed by atoms with Crippen LogP contribution >= 0.6 is 0 Å². The van der Waals surface area contributed by atoms with Crippen LogP contribution in [0.2, 0.25) is 0 Å². The molecule has 0 unspecified atom stereocenters. The zero-order valence-electron chi connectivity index (χ0n) is 7.19. The van der Waals surface area contributed by atoms with E-state index in [4.69, 9.17) is 10.5 Å². The van der Waals surface area contributed by atoms with Crippen LogP contribution < -0.4 is 10.5 Å². The molecule has 0 radical (unpaired) electrons. The molecule has 1 aliphatic heterocycles. The molecule has 2 nitrogen and oxygen atoms in total. The van der Waals surface area contributed by atoms with Gasteiger partial charge in [-0.25, -0.2) is 8.78 Å². The second kappa shape index (κ2) is 3.16. The molecule has 76 valence electrons. The van der Waals surface area contributed by atoms with Gasteiger partial charge in [-0.3, -0.25) is 0 Å². The Morgan fingerprint density at radius 1 is 1.29 bits per heavy atom. The highest BCUT2D eigenvalue weighted by molar-refractivity contribution is 5.39. The van der Waals surface area contributed by atoms with Gasteiger partial charge in [-0.1, -0.05) is 0 Å². The minimum Gasteiger partial charge on any atom is -0.490 e. The van der Waals surface area contributed by atoms with Crippen LogP contribution in [0.5, 0.6) is 5.75 Å². The van der Waals surface area contributed by atoms with Gasteiger partial charge in [-0.15, -0.1) is 0 Å². The highest BCUT2D eigenvalue weighted by Gasteiger charge is 2.26. The Hall–Kier alpha value is -1.23. The van der Waals surface area contributed by atoms with E-state index in [-0.39, 0.29) is 17.9 Å². The molecule has 0 saturated carbocycles. The average Bonchev–Trinajstić information content (AvgIpc) is 2.17. The Balaban J connectivity index is 2.63. The average molecular weight is 203 g/mol. The molecule has 0 aromatic heterocycles. The van der Waals surface area contributed by atoms with Gasteiger partial charge in [0.2, 0.25) is 5.82 Å². The smallest absolute Gasteiger partial charge is 0.204 e. The molecule has 14 heavy (non-hydrogen) atoms. The molecule has 0 spiro atoms. The number of nitrogens with two attached hydrogens (primary N) is 1. The van der Waals surface area contributed by atoms with Crippen molar-refractivity contribution in [3.8, 4) is 5.75 Å². The molecule has 5 heteroatoms. The monoisotopic (exact) mass is 203 g/mol. The van der Waals surface area contributed by atoms with Crippen LogP contribution in [0.3, 0.4) is 0 Å². The van der Waals surface area contributed by atoms with Crippen LogP contribution in [0.15, 0.2) is 6.07 Å². The zero-order chi connectivity index (χ0) is 10.3. The SMILES string of the molecule is N[C@@H]1CCOc2c1cc(F)c(F)c2F. The van der Waals surface area contributed by atoms with Crippen molar-refractivity contribution < 1.29 is 17.9 Å². The first-order chi connectivity index (χ1) is 6.61. The second-order valence-electron chi connectivity index (χ2n) is 3.15. The Labute approximate surface area is 78.5 Å². The van der Waals surface area contributed by atoms with E-state index in [1.165, 1.54) is 0 Å². The third-order valence-corrected chi connectivity index (χ3v) is 2.22. The second-order valence-corrected chi connectivity index (χ2v) is 3.15. The maximum Gasteiger partial charge on any atom is 0.204 e. The fourth-order valence-electron chi connectivity index (χ4n) is 1.46. The van der Waals surface area contributed by atoms with E-state index in [2.05, 4.69) is 0 Å². The first-order valence-electron chi connectivity index (χ1n) is 4.17. The lowest BCUT2D eigenvalue weighted by atomic mass is 10.0. The molecule has 2 N–H and O–H groups in total. The van der Waals surface area contributed by atoms with Crippen molar-refractivity contribution in [3.63, 3.8) is 0 Å². The first kappa shape index (κ1) is 9.33. The summed E-state index contributed by atoms with van der Waals surface area (Å²) >= 11 is 0. The Morgan fingerprint density at radius 2 is 2.00 bits per heavy atom. The van der Waals surface area contributed by atoms with Crippen molar-refractivity contribution in [2.24, 2.45) is 5.73 Å². The Kier molecular flexibility index (Phi) is 2.11. The third kappa shape index (κ3) is 1.24. The lowest BCUT2D eigenvalue weighted by Gasteiger charge is -2.23. The molecule has 0 bridgehead atoms. The fourth-order valence-corrected chi connectivity index (χ4v) is 1.46. The fraction of sp³-hybridized carbons (Fsp3) is 0.333. The van der Waals surface area contributed by atoms with Crippen LogP contribution in [0.1, 0.15) is 18.0 Å². The molecular weight excluding hydrogens is 195 g/mol. The van der Waals surface area contributed by atoms with Gasteiger partial charge in [0.25, 0.3) is 0 Å². The van der Waals surface area contributed by atoms with Gasteiger partial charge in [-0.2, -0.15) is 4.39 Å². The minimum atomic E-state index is -1.52. The van der Waals surface area contributed by atoms with Crippen molar-refractivity contribution in [1.82, 2.24) is 0 Å². The molecule has 0 fully saturated rings. The van der Waals surface area contributed by atoms with Crippen LogP contribution in [0.4, 0.5) is 13.2 Å². The van der Waals surface area contributed by atoms with Gasteiger partial charge in [-0.05, 0) is 6.07 Å². The predicted molar refractivity (Wildman–Crippen MR) is 43.4 cm³/mol. The van der Waals surface area contributed by atoms with Crippen molar-refractivity contribution in [2.45, 2.75) is 12.5 Å². The number of fused-ring (bicyclic) bond motifs is 1. The maximum atomic E-state index is 13.1. The standard InChI is InChI=1S/C9H8F3NO/c10-5-3-4-6(13)1-2-14-9(4)8(12)7(5)11/h3,6H,1-2,13H2/t6-/m1/s1. The molecule has 1 aromatic carbocycles. The van der Waals surface area contributed by atoms with Gasteiger partial charge in [0.15, 0.2) is 17.4 Å². The highest BCUT2D eigenvalue weighted by atomic mass is 19.2. The van der Waals surface area contributed by atoms with E-state index in [1.807, 2.05) is 0 Å². The van der Waals surface area contributed by atoms with Gasteiger partial charge in [0.05, 0.1) is 6.61 Å². The number of hydrogen-bond acceptors (Lipinski definition) is 2. The Bertz CT molecular complexity index is 381. The normalized spacial score (nSPS) is 20.1. The summed E-state index contributed by atoms with van der Waals surface area (Å²) < 4.78 is 43.6. The van der Waals surface area contributed by atoms with E-state index < -0.39 is 23.5 Å². The van der Waals surface area contributed by atoms with Crippen molar-refractivity contribution >= 4 is 0 Å². The summed E-state index contributed by atoms with van der Waals surface area (Å²) in [6.07, 6.45) is 0.470. The number of benzene rings is 1. The molecule has 0 saturated heterocycles. The van der Waals surface area contributed by atoms with E-state index in [0.29, 0.717) is 6.42 Å². The largest absolute Gasteiger partial charge is 0.490 e. The molecule has 2 rings (SSSR count). The summed E-state index contributed by atoms with van der Waals surface area (Å²) in [5.74, 6) is -4.31. The Morgan fingerprint density at radius 3 is 2.71 bits per heavy atom. The van der Waals surface area contributed by atoms with E-state index in [0.717, 1.165) is 6.07 Å². The highest BCUT2D eigenvalue weighted by Crippen LogP contribution is 2.35. The number of ether oxygens (including phenoxy) is 1. The van der Waals surface area contributed by atoms with Crippen LogP contribution in [0.25, 0.3) is 0 Å². The van der Waals surface area contributed by atoms with E-state index in [1.54, 1.807) is 0 Å². The zero-order valence-corrected chi connectivity index (χ0v) is 7.19. The topological polar surface area (TPSA) is 35.2 Å². The van der Waals surface area contributed by atoms with Crippen LogP contribution in [-0.2, 0) is 0 Å². The van der Waals surface area contributed by atoms with Crippen molar-refractivity contribution in [3.05, 3.63) is 29.1 Å². The van der Waals surface area contributed by atoms with Gasteiger partial charge in [0, 0.05) is 18.0 Å². The van der Waals surface area contributed by atoms with Crippen LogP contribution in [0, 0.1) is 17.5 Å². The van der Waals surface area contributed by atoms with E-state index in [9.17, 15) is 13.2 Å². The van der Waals surface area contributed by atoms with Gasteiger partial charge < -0.3 is 10.5 Å². The molecule has 1 aromatic rings. The van der Waals surface area contributed by atoms with Crippen molar-refractivity contribution in [1.29, 1.82) is 0 Å². The molecule has 1 atom stereocenters. The summed E-state index contributed by atoms with van der Waals surface area (Å²) in [6, 6.07) is 0.390. The molecule has 0 amide bonds. The summed E-state index contributed by atoms with van der Waals surface area (Å²) in [4.78, 5) is 0. The summed E-state index contributed by atoms with van der Waals surface area (Å²) in [5, 5.41) is 0. The number of rotatable bonds is 0. The lowest BCUT2D eigenvalue weighted by Crippen LogP contribution is -2.22. The maximum absolute atomic E-state index is 13.1. The van der Waals surface area contributed by atoms with Crippen LogP contribution in [-0.4, -0.2) is 6.61 Å². The first-order valence-corrected chi connectivity index (χ1v) is 4.17. The van der Waals surface area contributed by atoms with Gasteiger partial charge in [0.1, 0.15) is 0 Å². The number of halogens is 3. The summed E-state index contributed by atoms with van der Waals surface area (Å²) in [7, 11) is 0. The molecule has 0 aliphatic carbocycles. The number of hydrogen-bond donors (Lipinski definition) is 1. The third-order valence-electron chi connectivity index (χ3n) is 2.22. The van der Waals surface area contributed by atoms with Gasteiger partial charge >= 0.3 is 0 Å². The predicted octanol–water partition coefficient (Wildman–Crippen LogP) is 1.89. The molecule has 1 heterocycles. The minimum absolute atomic E-state index is 0.188. The van der Waals surface area contributed by atoms with Crippen molar-refractivity contribution in [2.75, 3.05) is 6.61 Å². The summed E-state index contributed by atoms with van der Waals surface area (Å²) in [5.41, 5.74) is 5.79. The lowest BCUT2D eigenvalue weighted by molar-refractivity contribution is 0.247. The summed E-state index contributed by atoms with van der Waals surface area (Å²) in [6.45, 7) is 0.218. The quantitative estimate of drug-likeness (QED) is 0.653. The molecule has 1 aliphatic rings.